The van der Waals surface area contributed by atoms with E-state index >= 15 is 0 Å². The van der Waals surface area contributed by atoms with Gasteiger partial charge in [-0.3, -0.25) is 23.4 Å². The summed E-state index contributed by atoms with van der Waals surface area (Å²) in [5.74, 6) is -1.57. The van der Waals surface area contributed by atoms with Gasteiger partial charge in [0, 0.05) is 19.3 Å². The van der Waals surface area contributed by atoms with Crippen LogP contribution in [-0.4, -0.2) is 66.5 Å². The van der Waals surface area contributed by atoms with E-state index < -0.39 is 57.8 Å². The lowest BCUT2D eigenvalue weighted by molar-refractivity contribution is -0.161. The molecule has 0 heterocycles. The molecule has 0 aromatic carbocycles. The van der Waals surface area contributed by atoms with Gasteiger partial charge < -0.3 is 24.2 Å². The molecule has 0 aliphatic carbocycles. The molecule has 12 heteroatoms. The summed E-state index contributed by atoms with van der Waals surface area (Å²) in [6.07, 6.45) is 77.6. The van der Waals surface area contributed by atoms with Crippen molar-refractivity contribution >= 4 is 25.7 Å². The van der Waals surface area contributed by atoms with E-state index in [1.807, 2.05) is 12.2 Å². The van der Waals surface area contributed by atoms with Gasteiger partial charge in [-0.2, -0.15) is 0 Å². The van der Waals surface area contributed by atoms with Crippen LogP contribution in [0.25, 0.3) is 0 Å². The summed E-state index contributed by atoms with van der Waals surface area (Å²) in [4.78, 5) is 48.8. The number of phosphoric acid groups is 1. The maximum Gasteiger partial charge on any atom is 0.472 e. The second-order valence-corrected chi connectivity index (χ2v) is 23.0. The molecule has 470 valence electrons. The number of rotatable bonds is 60. The van der Waals surface area contributed by atoms with Gasteiger partial charge in [0.15, 0.2) is 6.10 Å². The molecule has 0 fully saturated rings. The highest BCUT2D eigenvalue weighted by Crippen LogP contribution is 2.43. The quantitative estimate of drug-likeness (QED) is 0.0197. The number of unbranched alkanes of at least 4 members (excludes halogenated alkanes) is 25. The minimum absolute atomic E-state index is 0.0376. The number of carbonyl (C=O) groups is 3. The molecule has 11 nitrogen and oxygen atoms in total. The third-order valence-electron chi connectivity index (χ3n) is 13.7. The van der Waals surface area contributed by atoms with Gasteiger partial charge in [0.2, 0.25) is 0 Å². The second-order valence-electron chi connectivity index (χ2n) is 21.5. The molecule has 0 aromatic rings. The predicted octanol–water partition coefficient (Wildman–Crippen LogP) is 20.1. The highest BCUT2D eigenvalue weighted by Gasteiger charge is 2.28. The zero-order valence-corrected chi connectivity index (χ0v) is 53.1. The molecular formula is C70H119O11P. The van der Waals surface area contributed by atoms with Gasteiger partial charge >= 0.3 is 25.7 Å². The first-order valence-electron chi connectivity index (χ1n) is 32.8. The van der Waals surface area contributed by atoms with Gasteiger partial charge in [-0.1, -0.05) is 252 Å². The number of allylic oxidation sites excluding steroid dienone is 18. The SMILES string of the molecule is CC/C=C\C/C=C\C/C=C\C/C=C\C/C=C\C/C=C\CCC(=O)OC(COC(=O)CCCCCCCCC/C=C\CCCCCCCC)COP(=O)(O)OCC(CO)OC(=O)CCCCCCCCCCC/C=C\C/C=C\CCCCC. The van der Waals surface area contributed by atoms with Crippen LogP contribution in [0.3, 0.4) is 0 Å². The van der Waals surface area contributed by atoms with Gasteiger partial charge in [0.05, 0.1) is 19.8 Å². The molecule has 0 saturated carbocycles. The Morgan fingerprint density at radius 1 is 0.354 bits per heavy atom. The lowest BCUT2D eigenvalue weighted by Gasteiger charge is -2.21. The molecule has 0 amide bonds. The Balaban J connectivity index is 4.79. The zero-order chi connectivity index (χ0) is 59.8. The number of ether oxygens (including phenoxy) is 3. The fourth-order valence-corrected chi connectivity index (χ4v) is 9.49. The van der Waals surface area contributed by atoms with Crippen molar-refractivity contribution in [1.82, 2.24) is 0 Å². The maximum absolute atomic E-state index is 13.0. The molecule has 0 aliphatic rings. The van der Waals surface area contributed by atoms with E-state index in [0.717, 1.165) is 89.9 Å². The van der Waals surface area contributed by atoms with Gasteiger partial charge in [-0.05, 0) is 116 Å². The predicted molar refractivity (Wildman–Crippen MR) is 343 cm³/mol. The fraction of sp³-hybridized carbons (Fsp3) is 0.700. The minimum Gasteiger partial charge on any atom is -0.462 e. The Morgan fingerprint density at radius 2 is 0.659 bits per heavy atom. The average molecular weight is 1170 g/mol. The summed E-state index contributed by atoms with van der Waals surface area (Å²) in [5.41, 5.74) is 0. The molecule has 0 radical (unpaired) electrons. The highest BCUT2D eigenvalue weighted by molar-refractivity contribution is 7.47. The number of carbonyl (C=O) groups excluding carboxylic acids is 3. The Kier molecular flexibility index (Phi) is 60.2. The number of phosphoric ester groups is 1. The Bertz CT molecular complexity index is 1790. The van der Waals surface area contributed by atoms with Crippen LogP contribution in [0.15, 0.2) is 109 Å². The Morgan fingerprint density at radius 3 is 1.09 bits per heavy atom. The number of hydrogen-bond acceptors (Lipinski definition) is 10. The lowest BCUT2D eigenvalue weighted by Crippen LogP contribution is -2.30. The summed E-state index contributed by atoms with van der Waals surface area (Å²) in [6, 6.07) is 0. The summed E-state index contributed by atoms with van der Waals surface area (Å²) < 4.78 is 39.6. The first-order chi connectivity index (χ1) is 40.2. The highest BCUT2D eigenvalue weighted by atomic mass is 31.2. The standard InChI is InChI=1S/C70H119O11P/c1-4-7-10-13-16-19-22-25-28-31-33-36-39-42-45-48-51-54-57-60-69(73)80-66(62-71)64-78-82(75,76)79-65-67(63-77-68(72)59-56-53-50-47-44-41-38-35-30-27-24-21-18-15-12-9-6-3)81-70(74)61-58-55-52-49-46-43-40-37-34-32-29-26-23-20-17-14-11-8-5-2/h8,11,16-17,19-20,25-30,34,37,43,46,52,55,66-67,71H,4-7,9-10,12-15,18,21-24,31-33,35-36,38-42,44-45,47-51,53-54,56-65H2,1-3H3,(H,75,76)/b11-8-,19-16-,20-17-,28-25-,29-26-,30-27-,37-34-,46-43-,55-52-. The third kappa shape index (κ3) is 60.7. The van der Waals surface area contributed by atoms with Crippen LogP contribution in [0.2, 0.25) is 0 Å². The van der Waals surface area contributed by atoms with E-state index in [1.165, 1.54) is 122 Å². The van der Waals surface area contributed by atoms with E-state index in [-0.39, 0.29) is 25.9 Å². The molecule has 2 N–H and O–H groups in total. The topological polar surface area (TPSA) is 155 Å². The van der Waals surface area contributed by atoms with Crippen LogP contribution in [0.1, 0.15) is 278 Å². The van der Waals surface area contributed by atoms with E-state index in [2.05, 4.69) is 118 Å². The summed E-state index contributed by atoms with van der Waals surface area (Å²) in [7, 11) is -4.78. The second kappa shape index (κ2) is 63.2. The molecule has 0 spiro atoms. The molecule has 0 saturated heterocycles. The van der Waals surface area contributed by atoms with E-state index in [0.29, 0.717) is 25.7 Å². The molecule has 0 aromatic heterocycles. The minimum atomic E-state index is -4.78. The van der Waals surface area contributed by atoms with Crippen molar-refractivity contribution in [2.75, 3.05) is 26.4 Å². The first kappa shape index (κ1) is 78.1. The Labute approximate surface area is 501 Å². The lowest BCUT2D eigenvalue weighted by atomic mass is 10.1. The Hall–Kier alpha value is -3.86. The molecular weight excluding hydrogens is 1050 g/mol. The van der Waals surface area contributed by atoms with Crippen molar-refractivity contribution in [3.05, 3.63) is 109 Å². The molecule has 3 atom stereocenters. The summed E-state index contributed by atoms with van der Waals surface area (Å²) in [6.45, 7) is 4.44. The molecule has 3 unspecified atom stereocenters. The van der Waals surface area contributed by atoms with Gasteiger partial charge in [-0.25, -0.2) is 4.57 Å². The van der Waals surface area contributed by atoms with Crippen LogP contribution in [0, 0.1) is 0 Å². The first-order valence-corrected chi connectivity index (χ1v) is 34.3. The molecule has 82 heavy (non-hydrogen) atoms. The van der Waals surface area contributed by atoms with E-state index in [1.54, 1.807) is 0 Å². The fourth-order valence-electron chi connectivity index (χ4n) is 8.70. The monoisotopic (exact) mass is 1170 g/mol. The van der Waals surface area contributed by atoms with Crippen LogP contribution < -0.4 is 0 Å². The summed E-state index contributed by atoms with van der Waals surface area (Å²) in [5, 5.41) is 9.86. The molecule has 0 bridgehead atoms. The number of esters is 3. The maximum atomic E-state index is 13.0. The zero-order valence-electron chi connectivity index (χ0n) is 52.2. The van der Waals surface area contributed by atoms with Crippen molar-refractivity contribution < 1.29 is 52.2 Å². The van der Waals surface area contributed by atoms with Crippen LogP contribution >= 0.6 is 7.82 Å². The largest absolute Gasteiger partial charge is 0.472 e. The van der Waals surface area contributed by atoms with Crippen LogP contribution in [0.5, 0.6) is 0 Å². The van der Waals surface area contributed by atoms with Crippen molar-refractivity contribution in [3.8, 4) is 0 Å². The van der Waals surface area contributed by atoms with Crippen molar-refractivity contribution in [1.29, 1.82) is 0 Å². The van der Waals surface area contributed by atoms with Gasteiger partial charge in [0.25, 0.3) is 0 Å². The van der Waals surface area contributed by atoms with Crippen LogP contribution in [0.4, 0.5) is 0 Å². The number of aliphatic hydroxyl groups is 1. The van der Waals surface area contributed by atoms with Crippen molar-refractivity contribution in [2.45, 2.75) is 290 Å². The van der Waals surface area contributed by atoms with Gasteiger partial charge in [-0.15, -0.1) is 0 Å². The summed E-state index contributed by atoms with van der Waals surface area (Å²) >= 11 is 0. The average Bonchev–Trinajstić information content (AvgIpc) is 3.50. The molecule has 0 rings (SSSR count). The normalized spacial score (nSPS) is 14.0. The smallest absolute Gasteiger partial charge is 0.462 e. The van der Waals surface area contributed by atoms with Crippen molar-refractivity contribution in [2.24, 2.45) is 0 Å². The van der Waals surface area contributed by atoms with E-state index in [4.69, 9.17) is 23.3 Å². The number of aliphatic hydroxyl groups excluding tert-OH is 1. The van der Waals surface area contributed by atoms with Gasteiger partial charge in [0.1, 0.15) is 12.7 Å². The third-order valence-corrected chi connectivity index (χ3v) is 14.6. The molecule has 0 aliphatic heterocycles. The van der Waals surface area contributed by atoms with E-state index in [9.17, 15) is 28.9 Å². The van der Waals surface area contributed by atoms with Crippen molar-refractivity contribution in [3.63, 3.8) is 0 Å². The van der Waals surface area contributed by atoms with Crippen LogP contribution in [-0.2, 0) is 42.2 Å². The number of hydrogen-bond donors (Lipinski definition) is 2.